The molecule has 1 heterocycles. The van der Waals surface area contributed by atoms with E-state index in [4.69, 9.17) is 9.72 Å². The van der Waals surface area contributed by atoms with Crippen molar-refractivity contribution in [2.75, 3.05) is 12.4 Å². The summed E-state index contributed by atoms with van der Waals surface area (Å²) in [6.07, 6.45) is -0.454. The Morgan fingerprint density at radius 3 is 2.56 bits per heavy atom. The van der Waals surface area contributed by atoms with Crippen molar-refractivity contribution < 1.29 is 27.4 Å². The second kappa shape index (κ2) is 8.72. The molecule has 1 N–H and O–H groups in total. The fourth-order valence-corrected chi connectivity index (χ4v) is 4.31. The molecule has 3 aromatic rings. The Bertz CT molecular complexity index is 1110. The third-order valence-corrected chi connectivity index (χ3v) is 5.73. The lowest BCUT2D eigenvalue weighted by Crippen LogP contribution is -2.19. The van der Waals surface area contributed by atoms with Crippen molar-refractivity contribution in [3.8, 4) is 5.75 Å². The van der Waals surface area contributed by atoms with Crippen LogP contribution in [0.5, 0.6) is 5.75 Å². The standard InChI is InChI=1S/C23H24F3N3O3/c1-14-4-3-5-17(12-14)29-20-11-6-15(21(30)31-2)13-19(20)28-22(29)27-16-7-9-18(10-8-16)32-23(24,25)26/h6-11,13-14,17H,3-5,12H2,1-2H3,(H,27,28)/t14?,17-/m1/s1. The number of carbonyl (C=O) groups excluding carboxylic acids is 1. The van der Waals surface area contributed by atoms with Gasteiger partial charge in [0.05, 0.1) is 23.7 Å². The molecular weight excluding hydrogens is 423 g/mol. The summed E-state index contributed by atoms with van der Waals surface area (Å²) < 4.78 is 48.2. The molecule has 4 rings (SSSR count). The average molecular weight is 447 g/mol. The Morgan fingerprint density at radius 2 is 1.91 bits per heavy atom. The average Bonchev–Trinajstić information content (AvgIpc) is 3.10. The Kier molecular flexibility index (Phi) is 5.99. The lowest BCUT2D eigenvalue weighted by Gasteiger charge is -2.29. The highest BCUT2D eigenvalue weighted by atomic mass is 19.4. The lowest BCUT2D eigenvalue weighted by atomic mass is 9.87. The first-order valence-corrected chi connectivity index (χ1v) is 10.5. The molecular formula is C23H24F3N3O3. The van der Waals surface area contributed by atoms with E-state index in [1.165, 1.54) is 37.8 Å². The number of fused-ring (bicyclic) bond motifs is 1. The Hall–Kier alpha value is -3.23. The van der Waals surface area contributed by atoms with Crippen LogP contribution in [0.4, 0.5) is 24.8 Å². The Balaban J connectivity index is 1.70. The van der Waals surface area contributed by atoms with Crippen molar-refractivity contribution in [1.82, 2.24) is 9.55 Å². The molecule has 0 aliphatic heterocycles. The van der Waals surface area contributed by atoms with Gasteiger partial charge < -0.3 is 19.4 Å². The molecule has 1 aromatic heterocycles. The summed E-state index contributed by atoms with van der Waals surface area (Å²) in [4.78, 5) is 16.7. The molecule has 1 aliphatic carbocycles. The van der Waals surface area contributed by atoms with Crippen LogP contribution in [0.1, 0.15) is 49.0 Å². The third-order valence-electron chi connectivity index (χ3n) is 5.73. The maximum atomic E-state index is 12.4. The van der Waals surface area contributed by atoms with Crippen LogP contribution < -0.4 is 10.1 Å². The number of benzene rings is 2. The zero-order valence-corrected chi connectivity index (χ0v) is 17.8. The van der Waals surface area contributed by atoms with E-state index in [0.717, 1.165) is 24.8 Å². The number of esters is 1. The molecule has 2 atom stereocenters. The maximum absolute atomic E-state index is 12.4. The van der Waals surface area contributed by atoms with Gasteiger partial charge in [-0.2, -0.15) is 0 Å². The van der Waals surface area contributed by atoms with Crippen molar-refractivity contribution in [1.29, 1.82) is 0 Å². The van der Waals surface area contributed by atoms with Gasteiger partial charge in [-0.05, 0) is 61.2 Å². The number of anilines is 2. The topological polar surface area (TPSA) is 65.4 Å². The fraction of sp³-hybridized carbons (Fsp3) is 0.391. The summed E-state index contributed by atoms with van der Waals surface area (Å²) in [6.45, 7) is 2.23. The van der Waals surface area contributed by atoms with E-state index in [1.54, 1.807) is 12.1 Å². The number of imidazole rings is 1. The summed E-state index contributed by atoms with van der Waals surface area (Å²) >= 11 is 0. The van der Waals surface area contributed by atoms with Gasteiger partial charge in [-0.3, -0.25) is 0 Å². The second-order valence-corrected chi connectivity index (χ2v) is 8.12. The van der Waals surface area contributed by atoms with Gasteiger partial charge in [0.25, 0.3) is 0 Å². The minimum Gasteiger partial charge on any atom is -0.465 e. The largest absolute Gasteiger partial charge is 0.573 e. The smallest absolute Gasteiger partial charge is 0.465 e. The minimum atomic E-state index is -4.74. The molecule has 9 heteroatoms. The highest BCUT2D eigenvalue weighted by Gasteiger charge is 2.31. The van der Waals surface area contributed by atoms with Crippen molar-refractivity contribution in [2.45, 2.75) is 45.0 Å². The molecule has 2 aromatic carbocycles. The minimum absolute atomic E-state index is 0.225. The monoisotopic (exact) mass is 447 g/mol. The Morgan fingerprint density at radius 1 is 1.16 bits per heavy atom. The van der Waals surface area contributed by atoms with Crippen molar-refractivity contribution in [3.63, 3.8) is 0 Å². The summed E-state index contributed by atoms with van der Waals surface area (Å²) in [6, 6.07) is 11.0. The molecule has 170 valence electrons. The van der Waals surface area contributed by atoms with Crippen LogP contribution in [-0.4, -0.2) is 29.0 Å². The van der Waals surface area contributed by atoms with Crippen molar-refractivity contribution in [2.24, 2.45) is 5.92 Å². The number of nitrogens with one attached hydrogen (secondary N) is 1. The van der Waals surface area contributed by atoms with Gasteiger partial charge in [-0.1, -0.05) is 19.8 Å². The summed E-state index contributed by atoms with van der Waals surface area (Å²) in [5, 5.41) is 3.23. The van der Waals surface area contributed by atoms with Crippen LogP contribution in [0.2, 0.25) is 0 Å². The molecule has 0 spiro atoms. The first kappa shape index (κ1) is 22.0. The molecule has 1 aliphatic rings. The molecule has 0 bridgehead atoms. The molecule has 1 unspecified atom stereocenters. The van der Waals surface area contributed by atoms with Gasteiger partial charge >= 0.3 is 12.3 Å². The fourth-order valence-electron chi connectivity index (χ4n) is 4.31. The number of nitrogens with zero attached hydrogens (tertiary/aromatic N) is 2. The summed E-state index contributed by atoms with van der Waals surface area (Å²) in [5.74, 6) is 0.417. The Labute approximate surface area is 183 Å². The third kappa shape index (κ3) is 4.81. The summed E-state index contributed by atoms with van der Waals surface area (Å²) in [7, 11) is 1.33. The number of alkyl halides is 3. The van der Waals surface area contributed by atoms with Gasteiger partial charge in [0.1, 0.15) is 5.75 Å². The van der Waals surface area contributed by atoms with Crippen LogP contribution in [0, 0.1) is 5.92 Å². The van der Waals surface area contributed by atoms with Gasteiger partial charge in [-0.15, -0.1) is 13.2 Å². The number of halogens is 3. The number of hydrogen-bond acceptors (Lipinski definition) is 5. The van der Waals surface area contributed by atoms with E-state index in [2.05, 4.69) is 21.5 Å². The van der Waals surface area contributed by atoms with E-state index in [1.807, 2.05) is 6.07 Å². The van der Waals surface area contributed by atoms with Gasteiger partial charge in [0.2, 0.25) is 5.95 Å². The zero-order valence-electron chi connectivity index (χ0n) is 17.8. The molecule has 1 fully saturated rings. The van der Waals surface area contributed by atoms with E-state index in [9.17, 15) is 18.0 Å². The van der Waals surface area contributed by atoms with Crippen LogP contribution in [0.15, 0.2) is 42.5 Å². The first-order chi connectivity index (χ1) is 15.2. The highest BCUT2D eigenvalue weighted by Crippen LogP contribution is 2.38. The number of carbonyl (C=O) groups is 1. The molecule has 0 amide bonds. The molecule has 6 nitrogen and oxygen atoms in total. The molecule has 0 radical (unpaired) electrons. The maximum Gasteiger partial charge on any atom is 0.573 e. The predicted molar refractivity (Wildman–Crippen MR) is 114 cm³/mol. The number of hydrogen-bond donors (Lipinski definition) is 1. The van der Waals surface area contributed by atoms with Crippen molar-refractivity contribution in [3.05, 3.63) is 48.0 Å². The normalized spacial score (nSPS) is 19.0. The van der Waals surface area contributed by atoms with E-state index >= 15 is 0 Å². The van der Waals surface area contributed by atoms with Gasteiger partial charge in [-0.25, -0.2) is 9.78 Å². The van der Waals surface area contributed by atoms with Crippen LogP contribution in [0.25, 0.3) is 11.0 Å². The second-order valence-electron chi connectivity index (χ2n) is 8.12. The SMILES string of the molecule is COC(=O)c1ccc2c(c1)nc(Nc1ccc(OC(F)(F)F)cc1)n2[C@@H]1CCCC(C)C1. The van der Waals surface area contributed by atoms with E-state index in [-0.39, 0.29) is 11.8 Å². The molecule has 0 saturated heterocycles. The van der Waals surface area contributed by atoms with Gasteiger partial charge in [0.15, 0.2) is 0 Å². The predicted octanol–water partition coefficient (Wildman–Crippen LogP) is 6.22. The van der Waals surface area contributed by atoms with Crippen molar-refractivity contribution >= 4 is 28.6 Å². The van der Waals surface area contributed by atoms with Crippen LogP contribution in [-0.2, 0) is 4.74 Å². The lowest BCUT2D eigenvalue weighted by molar-refractivity contribution is -0.274. The number of rotatable bonds is 5. The van der Waals surface area contributed by atoms with Crippen LogP contribution >= 0.6 is 0 Å². The number of ether oxygens (including phenoxy) is 2. The molecule has 1 saturated carbocycles. The van der Waals surface area contributed by atoms with Gasteiger partial charge in [0, 0.05) is 11.7 Å². The number of methoxy groups -OCH3 is 1. The zero-order chi connectivity index (χ0) is 22.9. The first-order valence-electron chi connectivity index (χ1n) is 10.5. The number of aromatic nitrogens is 2. The quantitative estimate of drug-likeness (QED) is 0.471. The van der Waals surface area contributed by atoms with E-state index < -0.39 is 12.3 Å². The van der Waals surface area contributed by atoms with E-state index in [0.29, 0.717) is 28.6 Å². The summed E-state index contributed by atoms with van der Waals surface area (Å²) in [5.41, 5.74) is 2.51. The molecule has 32 heavy (non-hydrogen) atoms. The highest BCUT2D eigenvalue weighted by molar-refractivity contribution is 5.94. The van der Waals surface area contributed by atoms with Crippen LogP contribution in [0.3, 0.4) is 0 Å².